The monoisotopic (exact) mass is 322 g/mol. The summed E-state index contributed by atoms with van der Waals surface area (Å²) in [7, 11) is 0. The SMILES string of the molecule is O=C(COC(=O)c1cccc[n+]1[O-])Nc1ccc2ccccc2c1. The second-order valence-corrected chi connectivity index (χ2v) is 5.10. The highest BCUT2D eigenvalue weighted by Crippen LogP contribution is 2.18. The first-order valence-electron chi connectivity index (χ1n) is 7.27. The molecule has 0 aliphatic rings. The molecule has 0 atom stereocenters. The van der Waals surface area contributed by atoms with E-state index in [9.17, 15) is 14.8 Å². The molecule has 6 nitrogen and oxygen atoms in total. The van der Waals surface area contributed by atoms with E-state index >= 15 is 0 Å². The molecule has 1 N–H and O–H groups in total. The smallest absolute Gasteiger partial charge is 0.405 e. The van der Waals surface area contributed by atoms with Gasteiger partial charge in [0.1, 0.15) is 0 Å². The number of ether oxygens (including phenoxy) is 1. The summed E-state index contributed by atoms with van der Waals surface area (Å²) in [6.07, 6.45) is 1.19. The van der Waals surface area contributed by atoms with E-state index in [4.69, 9.17) is 4.74 Å². The van der Waals surface area contributed by atoms with Gasteiger partial charge in [-0.15, -0.1) is 0 Å². The number of hydrogen-bond acceptors (Lipinski definition) is 4. The van der Waals surface area contributed by atoms with E-state index in [1.54, 1.807) is 12.1 Å². The van der Waals surface area contributed by atoms with E-state index in [1.807, 2.05) is 36.4 Å². The van der Waals surface area contributed by atoms with Crippen LogP contribution in [0.1, 0.15) is 10.5 Å². The van der Waals surface area contributed by atoms with Gasteiger partial charge in [0.05, 0.1) is 0 Å². The maximum atomic E-state index is 11.9. The molecule has 0 unspecified atom stereocenters. The Hall–Kier alpha value is -3.41. The Balaban J connectivity index is 1.61. The van der Waals surface area contributed by atoms with Crippen molar-refractivity contribution in [2.75, 3.05) is 11.9 Å². The fraction of sp³-hybridized carbons (Fsp3) is 0.0556. The minimum Gasteiger partial charge on any atom is -0.618 e. The number of carbonyl (C=O) groups is 2. The average Bonchev–Trinajstić information content (AvgIpc) is 2.60. The lowest BCUT2D eigenvalue weighted by molar-refractivity contribution is -0.608. The van der Waals surface area contributed by atoms with E-state index < -0.39 is 18.5 Å². The number of fused-ring (bicyclic) bond motifs is 1. The first-order valence-corrected chi connectivity index (χ1v) is 7.27. The quantitative estimate of drug-likeness (QED) is 0.454. The predicted octanol–water partition coefficient (Wildman–Crippen LogP) is 2.27. The van der Waals surface area contributed by atoms with Crippen LogP contribution in [0, 0.1) is 5.21 Å². The zero-order valence-electron chi connectivity index (χ0n) is 12.6. The van der Waals surface area contributed by atoms with Crippen molar-refractivity contribution < 1.29 is 19.1 Å². The van der Waals surface area contributed by atoms with E-state index in [1.165, 1.54) is 18.3 Å². The van der Waals surface area contributed by atoms with Crippen LogP contribution in [0.5, 0.6) is 0 Å². The molecule has 0 saturated heterocycles. The number of amides is 1. The molecule has 120 valence electrons. The standard InChI is InChI=1S/C18H14N2O4/c21-17(12-24-18(22)16-7-3-4-10-20(16)23)19-15-9-8-13-5-1-2-6-14(13)11-15/h1-11H,12H2,(H,19,21). The van der Waals surface area contributed by atoms with Crippen LogP contribution in [0.25, 0.3) is 10.8 Å². The number of hydrogen-bond donors (Lipinski definition) is 1. The summed E-state index contributed by atoms with van der Waals surface area (Å²) < 4.78 is 5.25. The van der Waals surface area contributed by atoms with Gasteiger partial charge in [0, 0.05) is 17.8 Å². The summed E-state index contributed by atoms with van der Waals surface area (Å²) in [5.74, 6) is -1.33. The third-order valence-electron chi connectivity index (χ3n) is 3.40. The van der Waals surface area contributed by atoms with Crippen LogP contribution in [-0.4, -0.2) is 18.5 Å². The lowest BCUT2D eigenvalue weighted by atomic mass is 10.1. The van der Waals surface area contributed by atoms with Crippen LogP contribution >= 0.6 is 0 Å². The van der Waals surface area contributed by atoms with Gasteiger partial charge in [-0.25, -0.2) is 4.79 Å². The van der Waals surface area contributed by atoms with E-state index in [0.717, 1.165) is 10.8 Å². The second-order valence-electron chi connectivity index (χ2n) is 5.10. The third kappa shape index (κ3) is 3.49. The average molecular weight is 322 g/mol. The van der Waals surface area contributed by atoms with Gasteiger partial charge in [-0.1, -0.05) is 30.3 Å². The van der Waals surface area contributed by atoms with Crippen molar-refractivity contribution in [3.63, 3.8) is 0 Å². The molecular weight excluding hydrogens is 308 g/mol. The van der Waals surface area contributed by atoms with Crippen molar-refractivity contribution in [3.05, 3.63) is 77.8 Å². The summed E-state index contributed by atoms with van der Waals surface area (Å²) in [5, 5.41) is 16.1. The van der Waals surface area contributed by atoms with Gasteiger partial charge in [0.2, 0.25) is 0 Å². The topological polar surface area (TPSA) is 82.3 Å². The summed E-state index contributed by atoms with van der Waals surface area (Å²) in [4.78, 5) is 23.7. The molecule has 1 aromatic heterocycles. The molecule has 0 fully saturated rings. The Bertz CT molecular complexity index is 908. The molecule has 0 saturated carbocycles. The molecule has 0 aliphatic carbocycles. The number of aromatic nitrogens is 1. The molecule has 6 heteroatoms. The zero-order valence-corrected chi connectivity index (χ0v) is 12.6. The second kappa shape index (κ2) is 6.78. The summed E-state index contributed by atoms with van der Waals surface area (Å²) in [6.45, 7) is -0.472. The molecule has 0 spiro atoms. The number of nitrogens with zero attached hydrogens (tertiary/aromatic N) is 1. The highest BCUT2D eigenvalue weighted by atomic mass is 16.5. The summed E-state index contributed by atoms with van der Waals surface area (Å²) >= 11 is 0. The molecule has 24 heavy (non-hydrogen) atoms. The Kier molecular flexibility index (Phi) is 4.38. The van der Waals surface area contributed by atoms with Crippen LogP contribution in [-0.2, 0) is 9.53 Å². The minimum absolute atomic E-state index is 0.170. The maximum Gasteiger partial charge on any atom is 0.405 e. The van der Waals surface area contributed by atoms with Crippen LogP contribution in [0.15, 0.2) is 66.9 Å². The minimum atomic E-state index is -0.848. The maximum absolute atomic E-state index is 11.9. The zero-order chi connectivity index (χ0) is 16.9. The van der Waals surface area contributed by atoms with Crippen molar-refractivity contribution >= 4 is 28.3 Å². The summed E-state index contributed by atoms with van der Waals surface area (Å²) in [5.41, 5.74) is 0.435. The Labute approximate surface area is 137 Å². The highest BCUT2D eigenvalue weighted by Gasteiger charge is 2.18. The van der Waals surface area contributed by atoms with Gasteiger partial charge in [-0.2, -0.15) is 4.73 Å². The lowest BCUT2D eigenvalue weighted by Crippen LogP contribution is -2.35. The molecule has 1 amide bonds. The fourth-order valence-electron chi connectivity index (χ4n) is 2.26. The van der Waals surface area contributed by atoms with Crippen molar-refractivity contribution in [1.82, 2.24) is 0 Å². The molecule has 1 heterocycles. The number of carbonyl (C=O) groups excluding carboxylic acids is 2. The fourth-order valence-corrected chi connectivity index (χ4v) is 2.26. The van der Waals surface area contributed by atoms with Gasteiger partial charge < -0.3 is 15.3 Å². The molecule has 0 bridgehead atoms. The number of rotatable bonds is 4. The van der Waals surface area contributed by atoms with Gasteiger partial charge >= 0.3 is 11.7 Å². The van der Waals surface area contributed by atoms with Gasteiger partial charge in [-0.3, -0.25) is 4.79 Å². The first kappa shape index (κ1) is 15.5. The van der Waals surface area contributed by atoms with Crippen LogP contribution in [0.4, 0.5) is 5.69 Å². The predicted molar refractivity (Wildman–Crippen MR) is 88.3 cm³/mol. The van der Waals surface area contributed by atoms with Gasteiger partial charge in [0.25, 0.3) is 5.91 Å². The van der Waals surface area contributed by atoms with E-state index in [-0.39, 0.29) is 5.69 Å². The Morgan fingerprint density at radius 3 is 2.54 bits per heavy atom. The molecular formula is C18H14N2O4. The number of anilines is 1. The highest BCUT2D eigenvalue weighted by molar-refractivity contribution is 5.96. The van der Waals surface area contributed by atoms with Crippen LogP contribution < -0.4 is 10.0 Å². The Morgan fingerprint density at radius 1 is 1.00 bits per heavy atom. The largest absolute Gasteiger partial charge is 0.618 e. The third-order valence-corrected chi connectivity index (χ3v) is 3.40. The molecule has 0 aliphatic heterocycles. The van der Waals surface area contributed by atoms with Gasteiger partial charge in [-0.05, 0) is 29.0 Å². The number of esters is 1. The van der Waals surface area contributed by atoms with Crippen molar-refractivity contribution in [2.24, 2.45) is 0 Å². The van der Waals surface area contributed by atoms with E-state index in [0.29, 0.717) is 10.4 Å². The number of pyridine rings is 1. The summed E-state index contributed by atoms with van der Waals surface area (Å²) in [6, 6.07) is 17.6. The van der Waals surface area contributed by atoms with Crippen molar-refractivity contribution in [3.8, 4) is 0 Å². The van der Waals surface area contributed by atoms with Crippen LogP contribution in [0.2, 0.25) is 0 Å². The molecule has 3 rings (SSSR count). The number of nitrogens with one attached hydrogen (secondary N) is 1. The molecule has 3 aromatic rings. The van der Waals surface area contributed by atoms with Crippen molar-refractivity contribution in [2.45, 2.75) is 0 Å². The normalized spacial score (nSPS) is 10.3. The Morgan fingerprint density at radius 2 is 1.75 bits per heavy atom. The van der Waals surface area contributed by atoms with Crippen molar-refractivity contribution in [1.29, 1.82) is 0 Å². The molecule has 0 radical (unpaired) electrons. The van der Waals surface area contributed by atoms with Crippen LogP contribution in [0.3, 0.4) is 0 Å². The number of benzene rings is 2. The lowest BCUT2D eigenvalue weighted by Gasteiger charge is -2.07. The first-order chi connectivity index (χ1) is 11.6. The van der Waals surface area contributed by atoms with Gasteiger partial charge in [0.15, 0.2) is 12.8 Å². The molecule has 2 aromatic carbocycles. The van der Waals surface area contributed by atoms with E-state index in [2.05, 4.69) is 5.32 Å².